The van der Waals surface area contributed by atoms with Gasteiger partial charge in [-0.15, -0.1) is 0 Å². The Bertz CT molecular complexity index is 622. The summed E-state index contributed by atoms with van der Waals surface area (Å²) >= 11 is 0. The van der Waals surface area contributed by atoms with Gasteiger partial charge in [0.25, 0.3) is 0 Å². The number of aryl methyl sites for hydroxylation is 1. The first kappa shape index (κ1) is 15.7. The quantitative estimate of drug-likeness (QED) is 0.819. The Balaban J connectivity index is 2.22. The Kier molecular flexibility index (Phi) is 4.37. The van der Waals surface area contributed by atoms with E-state index in [0.29, 0.717) is 12.0 Å². The summed E-state index contributed by atoms with van der Waals surface area (Å²) in [4.78, 5) is 18.5. The molecule has 0 spiro atoms. The second-order valence-electron chi connectivity index (χ2n) is 5.06. The summed E-state index contributed by atoms with van der Waals surface area (Å²) in [7, 11) is -8.15. The molecule has 20 heavy (non-hydrogen) atoms. The molecule has 0 amide bonds. The summed E-state index contributed by atoms with van der Waals surface area (Å²) in [6.45, 7) is 2.08. The Labute approximate surface area is 118 Å². The molecule has 1 fully saturated rings. The van der Waals surface area contributed by atoms with Crippen molar-refractivity contribution >= 4 is 17.6 Å². The fourth-order valence-corrected chi connectivity index (χ4v) is 5.79. The smallest absolute Gasteiger partial charge is 0.323 e. The molecule has 0 radical (unpaired) electrons. The zero-order chi connectivity index (χ0) is 15.0. The minimum Gasteiger partial charge on any atom is -0.323 e. The molecule has 8 heteroatoms. The van der Waals surface area contributed by atoms with Gasteiger partial charge in [-0.2, -0.15) is 4.31 Å². The molecule has 6 nitrogen and oxygen atoms in total. The van der Waals surface area contributed by atoms with E-state index < -0.39 is 23.4 Å². The van der Waals surface area contributed by atoms with Crippen LogP contribution in [-0.2, 0) is 20.3 Å². The predicted octanol–water partition coefficient (Wildman–Crippen LogP) is 1.42. The molecule has 1 heterocycles. The van der Waals surface area contributed by atoms with Crippen molar-refractivity contribution in [2.24, 2.45) is 0 Å². The third-order valence-corrected chi connectivity index (χ3v) is 6.71. The second-order valence-corrected chi connectivity index (χ2v) is 8.76. The van der Waals surface area contributed by atoms with Gasteiger partial charge in [-0.3, -0.25) is 4.57 Å². The zero-order valence-corrected chi connectivity index (χ0v) is 12.8. The van der Waals surface area contributed by atoms with Gasteiger partial charge in [-0.25, -0.2) is 8.42 Å². The first-order valence-corrected chi connectivity index (χ1v) is 9.59. The van der Waals surface area contributed by atoms with Crippen molar-refractivity contribution in [3.63, 3.8) is 0 Å². The van der Waals surface area contributed by atoms with E-state index >= 15 is 0 Å². The molecule has 112 valence electrons. The van der Waals surface area contributed by atoms with Gasteiger partial charge < -0.3 is 9.79 Å². The minimum atomic E-state index is -4.43. The molecule has 1 aliphatic heterocycles. The van der Waals surface area contributed by atoms with Crippen molar-refractivity contribution < 1.29 is 22.8 Å². The van der Waals surface area contributed by atoms with E-state index in [-0.39, 0.29) is 18.7 Å². The lowest BCUT2D eigenvalue weighted by Crippen LogP contribution is -2.36. The van der Waals surface area contributed by atoms with Crippen LogP contribution in [0.3, 0.4) is 0 Å². The molecule has 0 aromatic heterocycles. The van der Waals surface area contributed by atoms with Crippen LogP contribution in [0, 0.1) is 6.92 Å². The van der Waals surface area contributed by atoms with Crippen LogP contribution in [0.25, 0.3) is 0 Å². The van der Waals surface area contributed by atoms with Crippen LogP contribution in [0.5, 0.6) is 0 Å². The lowest BCUT2D eigenvalue weighted by atomic mass is 10.2. The van der Waals surface area contributed by atoms with Crippen molar-refractivity contribution in [2.45, 2.75) is 31.3 Å². The van der Waals surface area contributed by atoms with E-state index in [1.165, 1.54) is 0 Å². The van der Waals surface area contributed by atoms with Gasteiger partial charge >= 0.3 is 7.60 Å². The van der Waals surface area contributed by atoms with Crippen LogP contribution in [-0.4, -0.2) is 34.8 Å². The van der Waals surface area contributed by atoms with Crippen molar-refractivity contribution in [3.05, 3.63) is 35.4 Å². The number of nitrogens with zero attached hydrogens (tertiary/aromatic N) is 1. The minimum absolute atomic E-state index is 0.171. The van der Waals surface area contributed by atoms with Gasteiger partial charge in [0, 0.05) is 6.54 Å². The monoisotopic (exact) mass is 319 g/mol. The largest absolute Gasteiger partial charge is 0.343 e. The van der Waals surface area contributed by atoms with Gasteiger partial charge in [-0.05, 0) is 25.3 Å². The molecule has 2 N–H and O–H groups in total. The highest BCUT2D eigenvalue weighted by atomic mass is 32.2. The molecule has 0 bridgehead atoms. The number of rotatable bonds is 4. The van der Waals surface area contributed by atoms with Crippen LogP contribution in [0.1, 0.15) is 24.0 Å². The normalized spacial score (nSPS) is 21.2. The van der Waals surface area contributed by atoms with E-state index in [1.807, 2.05) is 19.1 Å². The molecule has 2 rings (SSSR count). The maximum atomic E-state index is 12.3. The number of benzene rings is 1. The van der Waals surface area contributed by atoms with E-state index in [2.05, 4.69) is 0 Å². The Morgan fingerprint density at radius 3 is 2.45 bits per heavy atom. The Morgan fingerprint density at radius 1 is 1.30 bits per heavy atom. The summed E-state index contributed by atoms with van der Waals surface area (Å²) in [6.07, 6.45) is 0.681. The van der Waals surface area contributed by atoms with Crippen LogP contribution < -0.4 is 0 Å². The lowest BCUT2D eigenvalue weighted by molar-refractivity contribution is 0.323. The van der Waals surface area contributed by atoms with Crippen molar-refractivity contribution in [1.82, 2.24) is 4.31 Å². The molecule has 1 atom stereocenters. The molecular formula is C12H18NO5PS. The SMILES string of the molecule is Cc1ccc(CS(=O)(=O)N2CCCC2P(=O)(O)O)cc1. The highest BCUT2D eigenvalue weighted by Crippen LogP contribution is 2.49. The fourth-order valence-electron chi connectivity index (χ4n) is 2.36. The molecular weight excluding hydrogens is 301 g/mol. The third-order valence-electron chi connectivity index (χ3n) is 3.39. The Hall–Kier alpha value is -0.720. The average Bonchev–Trinajstić information content (AvgIpc) is 2.81. The molecule has 0 aliphatic carbocycles. The van der Waals surface area contributed by atoms with E-state index in [0.717, 1.165) is 9.87 Å². The van der Waals surface area contributed by atoms with Crippen LogP contribution in [0.2, 0.25) is 0 Å². The van der Waals surface area contributed by atoms with Crippen molar-refractivity contribution in [3.8, 4) is 0 Å². The standard InChI is InChI=1S/C12H18NO5PS/c1-10-4-6-11(7-5-10)9-20(17,18)13-8-2-3-12(13)19(14,15)16/h4-7,12H,2-3,8-9H2,1H3,(H2,14,15,16). The maximum absolute atomic E-state index is 12.3. The molecule has 1 aliphatic rings. The van der Waals surface area contributed by atoms with Crippen molar-refractivity contribution in [1.29, 1.82) is 0 Å². The molecule has 0 saturated carbocycles. The van der Waals surface area contributed by atoms with Crippen LogP contribution in [0.15, 0.2) is 24.3 Å². The fraction of sp³-hybridized carbons (Fsp3) is 0.500. The second kappa shape index (κ2) is 5.58. The first-order valence-electron chi connectivity index (χ1n) is 6.30. The van der Waals surface area contributed by atoms with Crippen molar-refractivity contribution in [2.75, 3.05) is 6.54 Å². The molecule has 1 saturated heterocycles. The van der Waals surface area contributed by atoms with Gasteiger partial charge in [-0.1, -0.05) is 29.8 Å². The first-order chi connectivity index (χ1) is 9.20. The van der Waals surface area contributed by atoms with E-state index in [1.54, 1.807) is 12.1 Å². The maximum Gasteiger partial charge on any atom is 0.343 e. The van der Waals surface area contributed by atoms with Gasteiger partial charge in [0.1, 0.15) is 5.78 Å². The lowest BCUT2D eigenvalue weighted by Gasteiger charge is -2.24. The summed E-state index contributed by atoms with van der Waals surface area (Å²) in [6, 6.07) is 7.06. The summed E-state index contributed by atoms with van der Waals surface area (Å²) in [5.74, 6) is -1.44. The molecule has 1 unspecified atom stereocenters. The Morgan fingerprint density at radius 2 is 1.90 bits per heavy atom. The summed E-state index contributed by atoms with van der Waals surface area (Å²) < 4.78 is 37.0. The summed E-state index contributed by atoms with van der Waals surface area (Å²) in [5, 5.41) is 0. The number of hydrogen-bond acceptors (Lipinski definition) is 3. The molecule has 1 aromatic rings. The van der Waals surface area contributed by atoms with Gasteiger partial charge in [0.2, 0.25) is 10.0 Å². The molecule has 1 aromatic carbocycles. The van der Waals surface area contributed by atoms with Gasteiger partial charge in [0.05, 0.1) is 5.75 Å². The number of hydrogen-bond donors (Lipinski definition) is 2. The van der Waals surface area contributed by atoms with Crippen LogP contribution in [0.4, 0.5) is 0 Å². The van der Waals surface area contributed by atoms with E-state index in [4.69, 9.17) is 0 Å². The third kappa shape index (κ3) is 3.48. The zero-order valence-electron chi connectivity index (χ0n) is 11.1. The van der Waals surface area contributed by atoms with E-state index in [9.17, 15) is 22.8 Å². The highest BCUT2D eigenvalue weighted by molar-refractivity contribution is 7.88. The topological polar surface area (TPSA) is 94.9 Å². The average molecular weight is 319 g/mol. The van der Waals surface area contributed by atoms with Crippen LogP contribution >= 0.6 is 7.60 Å². The highest BCUT2D eigenvalue weighted by Gasteiger charge is 2.43. The summed E-state index contributed by atoms with van der Waals surface area (Å²) in [5.41, 5.74) is 1.65. The van der Waals surface area contributed by atoms with Gasteiger partial charge in [0.15, 0.2) is 0 Å². The predicted molar refractivity (Wildman–Crippen MR) is 75.6 cm³/mol. The number of sulfonamides is 1.